The lowest BCUT2D eigenvalue weighted by Crippen LogP contribution is -2.02. The molecule has 0 saturated carbocycles. The number of aromatic nitrogens is 2. The maximum atomic E-state index is 10.9. The van der Waals surface area contributed by atoms with Gasteiger partial charge in [-0.15, -0.1) is 0 Å². The first-order valence-corrected chi connectivity index (χ1v) is 4.25. The quantitative estimate of drug-likeness (QED) is 0.758. The van der Waals surface area contributed by atoms with Crippen molar-refractivity contribution in [3.63, 3.8) is 0 Å². The smallest absolute Gasteiger partial charge is 0.354 e. The van der Waals surface area contributed by atoms with E-state index < -0.39 is 5.97 Å². The fourth-order valence-corrected chi connectivity index (χ4v) is 1.44. The van der Waals surface area contributed by atoms with Gasteiger partial charge in [-0.05, 0) is 25.1 Å². The molecule has 4 nitrogen and oxygen atoms in total. The number of rotatable bonds is 2. The van der Waals surface area contributed by atoms with Gasteiger partial charge in [0.1, 0.15) is 5.69 Å². The second-order valence-corrected chi connectivity index (χ2v) is 3.11. The van der Waals surface area contributed by atoms with E-state index in [-0.39, 0.29) is 5.69 Å². The van der Waals surface area contributed by atoms with Crippen LogP contribution in [-0.2, 0) is 0 Å². The maximum absolute atomic E-state index is 10.9. The zero-order valence-corrected chi connectivity index (χ0v) is 7.69. The molecule has 0 aliphatic rings. The van der Waals surface area contributed by atoms with Gasteiger partial charge in [0.2, 0.25) is 0 Å². The minimum atomic E-state index is -0.943. The van der Waals surface area contributed by atoms with Gasteiger partial charge in [0, 0.05) is 18.1 Å². The lowest BCUT2D eigenvalue weighted by molar-refractivity contribution is 0.0691. The third-order valence-corrected chi connectivity index (χ3v) is 2.03. The number of carboxylic acid groups (broad SMARTS) is 1. The molecule has 72 valence electrons. The van der Waals surface area contributed by atoms with E-state index in [1.54, 1.807) is 4.57 Å². The molecule has 0 amide bonds. The minimum absolute atomic E-state index is 0.221. The molecule has 0 radical (unpaired) electrons. The van der Waals surface area contributed by atoms with Gasteiger partial charge in [-0.25, -0.2) is 4.79 Å². The number of carbonyl (C=O) groups is 1. The number of H-pyrrole nitrogens is 1. The average Bonchev–Trinajstić information content (AvgIpc) is 2.70. The molecule has 14 heavy (non-hydrogen) atoms. The van der Waals surface area contributed by atoms with E-state index in [0.29, 0.717) is 5.69 Å². The van der Waals surface area contributed by atoms with Gasteiger partial charge in [0.05, 0.1) is 5.69 Å². The zero-order chi connectivity index (χ0) is 10.1. The third kappa shape index (κ3) is 1.31. The number of hydrogen-bond donors (Lipinski definition) is 2. The Morgan fingerprint density at radius 1 is 1.43 bits per heavy atom. The topological polar surface area (TPSA) is 58.0 Å². The van der Waals surface area contributed by atoms with Crippen LogP contribution in [0.3, 0.4) is 0 Å². The van der Waals surface area contributed by atoms with Crippen LogP contribution >= 0.6 is 0 Å². The molecule has 0 atom stereocenters. The highest BCUT2D eigenvalue weighted by Crippen LogP contribution is 2.15. The molecular weight excluding hydrogens is 180 g/mol. The van der Waals surface area contributed by atoms with Crippen molar-refractivity contribution in [2.75, 3.05) is 0 Å². The van der Waals surface area contributed by atoms with Crippen molar-refractivity contribution < 1.29 is 9.90 Å². The highest BCUT2D eigenvalue weighted by molar-refractivity contribution is 5.90. The summed E-state index contributed by atoms with van der Waals surface area (Å²) in [6.07, 6.45) is 3.63. The highest BCUT2D eigenvalue weighted by Gasteiger charge is 2.13. The molecule has 0 aliphatic carbocycles. The molecule has 2 aromatic heterocycles. The van der Waals surface area contributed by atoms with Gasteiger partial charge in [-0.2, -0.15) is 0 Å². The van der Waals surface area contributed by atoms with E-state index >= 15 is 0 Å². The standard InChI is InChI=1S/C10H10N2O2/c1-7-6-8(9(11-7)10(13)14)12-4-2-3-5-12/h2-6,11H,1H3,(H,13,14). The summed E-state index contributed by atoms with van der Waals surface area (Å²) >= 11 is 0. The molecule has 2 heterocycles. The van der Waals surface area contributed by atoms with Gasteiger partial charge in [-0.3, -0.25) is 0 Å². The summed E-state index contributed by atoms with van der Waals surface area (Å²) in [5.41, 5.74) is 1.73. The van der Waals surface area contributed by atoms with E-state index in [1.165, 1.54) is 0 Å². The molecular formula is C10H10N2O2. The Bertz CT molecular complexity index is 454. The van der Waals surface area contributed by atoms with E-state index in [0.717, 1.165) is 5.69 Å². The molecule has 0 fully saturated rings. The predicted octanol–water partition coefficient (Wildman–Crippen LogP) is 1.81. The number of aryl methyl sites for hydroxylation is 1. The predicted molar refractivity (Wildman–Crippen MR) is 51.8 cm³/mol. The number of aromatic carboxylic acids is 1. The van der Waals surface area contributed by atoms with Crippen LogP contribution in [0.25, 0.3) is 5.69 Å². The van der Waals surface area contributed by atoms with Crippen molar-refractivity contribution in [3.8, 4) is 5.69 Å². The van der Waals surface area contributed by atoms with Crippen LogP contribution in [0.5, 0.6) is 0 Å². The third-order valence-electron chi connectivity index (χ3n) is 2.03. The monoisotopic (exact) mass is 190 g/mol. The van der Waals surface area contributed by atoms with Crippen LogP contribution in [0.4, 0.5) is 0 Å². The summed E-state index contributed by atoms with van der Waals surface area (Å²) in [6.45, 7) is 1.83. The Kier molecular flexibility index (Phi) is 1.89. The number of carboxylic acids is 1. The molecule has 2 aromatic rings. The van der Waals surface area contributed by atoms with E-state index in [1.807, 2.05) is 37.5 Å². The number of nitrogens with one attached hydrogen (secondary N) is 1. The molecule has 0 bridgehead atoms. The van der Waals surface area contributed by atoms with E-state index in [2.05, 4.69) is 4.98 Å². The van der Waals surface area contributed by atoms with Crippen molar-refractivity contribution >= 4 is 5.97 Å². The van der Waals surface area contributed by atoms with Gasteiger partial charge < -0.3 is 14.7 Å². The summed E-state index contributed by atoms with van der Waals surface area (Å²) in [5, 5.41) is 8.93. The van der Waals surface area contributed by atoms with Gasteiger partial charge in [0.25, 0.3) is 0 Å². The number of nitrogens with zero attached hydrogens (tertiary/aromatic N) is 1. The zero-order valence-electron chi connectivity index (χ0n) is 7.69. The molecule has 0 unspecified atom stereocenters. The van der Waals surface area contributed by atoms with Crippen molar-refractivity contribution in [1.82, 2.24) is 9.55 Å². The fourth-order valence-electron chi connectivity index (χ4n) is 1.44. The SMILES string of the molecule is Cc1cc(-n2cccc2)c(C(=O)O)[nH]1. The number of hydrogen-bond acceptors (Lipinski definition) is 1. The lowest BCUT2D eigenvalue weighted by atomic mass is 10.3. The molecule has 4 heteroatoms. The maximum Gasteiger partial charge on any atom is 0.354 e. The van der Waals surface area contributed by atoms with Crippen molar-refractivity contribution in [2.45, 2.75) is 6.92 Å². The summed E-state index contributed by atoms with van der Waals surface area (Å²) in [5.74, 6) is -0.943. The Labute approximate surface area is 80.8 Å². The lowest BCUT2D eigenvalue weighted by Gasteiger charge is -1.99. The fraction of sp³-hybridized carbons (Fsp3) is 0.100. The molecule has 2 rings (SSSR count). The first kappa shape index (κ1) is 8.62. The number of aromatic amines is 1. The van der Waals surface area contributed by atoms with Crippen molar-refractivity contribution in [3.05, 3.63) is 42.0 Å². The Morgan fingerprint density at radius 3 is 2.64 bits per heavy atom. The Balaban J connectivity index is 2.58. The van der Waals surface area contributed by atoms with Gasteiger partial charge in [-0.1, -0.05) is 0 Å². The van der Waals surface area contributed by atoms with E-state index in [4.69, 9.17) is 5.11 Å². The summed E-state index contributed by atoms with van der Waals surface area (Å²) < 4.78 is 1.77. The molecule has 0 spiro atoms. The summed E-state index contributed by atoms with van der Waals surface area (Å²) in [7, 11) is 0. The van der Waals surface area contributed by atoms with Crippen LogP contribution in [0, 0.1) is 6.92 Å². The van der Waals surface area contributed by atoms with Crippen LogP contribution in [0.2, 0.25) is 0 Å². The second-order valence-electron chi connectivity index (χ2n) is 3.11. The molecule has 0 saturated heterocycles. The van der Waals surface area contributed by atoms with Crippen LogP contribution in [-0.4, -0.2) is 20.6 Å². The first-order valence-electron chi connectivity index (χ1n) is 4.25. The molecule has 0 aliphatic heterocycles. The largest absolute Gasteiger partial charge is 0.477 e. The minimum Gasteiger partial charge on any atom is -0.477 e. The van der Waals surface area contributed by atoms with Crippen molar-refractivity contribution in [2.24, 2.45) is 0 Å². The van der Waals surface area contributed by atoms with Crippen LogP contribution in [0.1, 0.15) is 16.2 Å². The van der Waals surface area contributed by atoms with Gasteiger partial charge in [0.15, 0.2) is 0 Å². The van der Waals surface area contributed by atoms with Crippen LogP contribution < -0.4 is 0 Å². The van der Waals surface area contributed by atoms with E-state index in [9.17, 15) is 4.79 Å². The highest BCUT2D eigenvalue weighted by atomic mass is 16.4. The first-order chi connectivity index (χ1) is 6.68. The summed E-state index contributed by atoms with van der Waals surface area (Å²) in [6, 6.07) is 5.52. The van der Waals surface area contributed by atoms with Gasteiger partial charge >= 0.3 is 5.97 Å². The summed E-state index contributed by atoms with van der Waals surface area (Å²) in [4.78, 5) is 13.7. The van der Waals surface area contributed by atoms with Crippen LogP contribution in [0.15, 0.2) is 30.6 Å². The second kappa shape index (κ2) is 3.06. The Hall–Kier alpha value is -1.97. The average molecular weight is 190 g/mol. The Morgan fingerprint density at radius 2 is 2.07 bits per heavy atom. The molecule has 0 aromatic carbocycles. The van der Waals surface area contributed by atoms with Crippen molar-refractivity contribution in [1.29, 1.82) is 0 Å². The normalized spacial score (nSPS) is 10.4. The molecule has 2 N–H and O–H groups in total.